The van der Waals surface area contributed by atoms with Crippen LogP contribution >= 0.6 is 11.8 Å². The minimum atomic E-state index is -0.697. The Morgan fingerprint density at radius 2 is 1.89 bits per heavy atom. The summed E-state index contributed by atoms with van der Waals surface area (Å²) in [5.41, 5.74) is 2.75. The molecule has 0 saturated heterocycles. The van der Waals surface area contributed by atoms with E-state index in [0.29, 0.717) is 22.4 Å². The number of fused-ring (bicyclic) bond motifs is 3. The van der Waals surface area contributed by atoms with Gasteiger partial charge in [-0.3, -0.25) is 9.69 Å². The van der Waals surface area contributed by atoms with Crippen molar-refractivity contribution in [1.82, 2.24) is 15.2 Å². The third-order valence-electron chi connectivity index (χ3n) is 4.43. The molecule has 4 rings (SSSR count). The summed E-state index contributed by atoms with van der Waals surface area (Å²) in [6.45, 7) is 1.51. The Labute approximate surface area is 166 Å². The lowest BCUT2D eigenvalue weighted by molar-refractivity contribution is -0.118. The fourth-order valence-electron chi connectivity index (χ4n) is 3.12. The van der Waals surface area contributed by atoms with Crippen molar-refractivity contribution in [1.29, 1.82) is 0 Å². The van der Waals surface area contributed by atoms with Gasteiger partial charge in [-0.25, -0.2) is 0 Å². The highest BCUT2D eigenvalue weighted by molar-refractivity contribution is 7.98. The number of ether oxygens (including phenoxy) is 2. The largest absolute Gasteiger partial charge is 0.497 e. The van der Waals surface area contributed by atoms with Crippen molar-refractivity contribution in [2.75, 3.05) is 18.3 Å². The SMILES string of the molecule is COc1ccc([C@H]2Oc3nc(SC)nnc3-c3ccccc3N2C(C)=O)cc1. The number of nitrogens with zero attached hydrogens (tertiary/aromatic N) is 4. The molecule has 0 fully saturated rings. The Bertz CT molecular complexity index is 1030. The van der Waals surface area contributed by atoms with E-state index in [1.165, 1.54) is 18.7 Å². The number of hydrogen-bond acceptors (Lipinski definition) is 7. The highest BCUT2D eigenvalue weighted by atomic mass is 32.2. The monoisotopic (exact) mass is 394 g/mol. The van der Waals surface area contributed by atoms with Crippen LogP contribution in [-0.4, -0.2) is 34.5 Å². The molecule has 0 N–H and O–H groups in total. The molecule has 0 unspecified atom stereocenters. The summed E-state index contributed by atoms with van der Waals surface area (Å²) in [4.78, 5) is 18.8. The zero-order chi connectivity index (χ0) is 19.7. The third-order valence-corrected chi connectivity index (χ3v) is 4.97. The number of benzene rings is 2. The van der Waals surface area contributed by atoms with Crippen molar-refractivity contribution in [2.45, 2.75) is 18.3 Å². The molecule has 1 amide bonds. The molecule has 142 valence electrons. The molecule has 2 heterocycles. The first-order valence-corrected chi connectivity index (χ1v) is 9.83. The molecule has 0 saturated carbocycles. The molecule has 0 aliphatic carbocycles. The first-order valence-electron chi connectivity index (χ1n) is 8.61. The van der Waals surface area contributed by atoms with Crippen LogP contribution in [0.15, 0.2) is 53.7 Å². The van der Waals surface area contributed by atoms with E-state index in [9.17, 15) is 4.79 Å². The van der Waals surface area contributed by atoms with Crippen molar-refractivity contribution >= 4 is 23.4 Å². The van der Waals surface area contributed by atoms with Gasteiger partial charge < -0.3 is 9.47 Å². The molecule has 0 bridgehead atoms. The van der Waals surface area contributed by atoms with E-state index in [-0.39, 0.29) is 5.91 Å². The number of thioether (sulfide) groups is 1. The fourth-order valence-corrected chi connectivity index (χ4v) is 3.42. The summed E-state index contributed by atoms with van der Waals surface area (Å²) >= 11 is 1.38. The second-order valence-corrected chi connectivity index (χ2v) is 6.88. The van der Waals surface area contributed by atoms with Crippen LogP contribution in [0.25, 0.3) is 11.3 Å². The van der Waals surface area contributed by atoms with Gasteiger partial charge in [0.15, 0.2) is 5.69 Å². The Kier molecular flexibility index (Phi) is 4.87. The zero-order valence-electron chi connectivity index (χ0n) is 15.6. The molecule has 28 heavy (non-hydrogen) atoms. The maximum atomic E-state index is 12.7. The molecular weight excluding hydrogens is 376 g/mol. The number of carbonyl (C=O) groups is 1. The summed E-state index contributed by atoms with van der Waals surface area (Å²) in [5.74, 6) is 0.914. The number of para-hydroxylation sites is 1. The molecule has 0 spiro atoms. The topological polar surface area (TPSA) is 77.4 Å². The minimum absolute atomic E-state index is 0.154. The molecule has 1 aliphatic heterocycles. The smallest absolute Gasteiger partial charge is 0.247 e. The van der Waals surface area contributed by atoms with Crippen LogP contribution < -0.4 is 14.4 Å². The Morgan fingerprint density at radius 3 is 2.57 bits per heavy atom. The number of methoxy groups -OCH3 is 1. The quantitative estimate of drug-likeness (QED) is 0.627. The van der Waals surface area contributed by atoms with Gasteiger partial charge in [0.25, 0.3) is 0 Å². The van der Waals surface area contributed by atoms with Crippen molar-refractivity contribution in [3.8, 4) is 22.9 Å². The van der Waals surface area contributed by atoms with E-state index in [1.54, 1.807) is 12.0 Å². The van der Waals surface area contributed by atoms with Crippen LogP contribution in [0.3, 0.4) is 0 Å². The van der Waals surface area contributed by atoms with Crippen molar-refractivity contribution < 1.29 is 14.3 Å². The summed E-state index contributed by atoms with van der Waals surface area (Å²) in [7, 11) is 1.61. The fraction of sp³-hybridized carbons (Fsp3) is 0.200. The molecule has 1 atom stereocenters. The van der Waals surface area contributed by atoms with E-state index in [2.05, 4.69) is 15.2 Å². The van der Waals surface area contributed by atoms with Crippen LogP contribution in [0, 0.1) is 0 Å². The summed E-state index contributed by atoms with van der Waals surface area (Å²) in [5, 5.41) is 8.97. The van der Waals surface area contributed by atoms with Gasteiger partial charge in [0.1, 0.15) is 5.75 Å². The van der Waals surface area contributed by atoms with Gasteiger partial charge in [-0.15, -0.1) is 10.2 Å². The van der Waals surface area contributed by atoms with Gasteiger partial charge >= 0.3 is 0 Å². The van der Waals surface area contributed by atoms with E-state index in [0.717, 1.165) is 16.9 Å². The van der Waals surface area contributed by atoms with Gasteiger partial charge in [0, 0.05) is 18.1 Å². The van der Waals surface area contributed by atoms with E-state index in [4.69, 9.17) is 9.47 Å². The predicted molar refractivity (Wildman–Crippen MR) is 107 cm³/mol. The third kappa shape index (κ3) is 3.16. The van der Waals surface area contributed by atoms with Crippen LogP contribution in [0.5, 0.6) is 11.6 Å². The van der Waals surface area contributed by atoms with Gasteiger partial charge in [0.05, 0.1) is 12.8 Å². The maximum Gasteiger partial charge on any atom is 0.247 e. The lowest BCUT2D eigenvalue weighted by atomic mass is 10.1. The number of rotatable bonds is 3. The molecule has 7 nitrogen and oxygen atoms in total. The Hall–Kier alpha value is -3.13. The van der Waals surface area contributed by atoms with Crippen LogP contribution in [0.4, 0.5) is 5.69 Å². The molecule has 1 aromatic heterocycles. The van der Waals surface area contributed by atoms with Crippen LogP contribution in [0.2, 0.25) is 0 Å². The van der Waals surface area contributed by atoms with Gasteiger partial charge in [-0.2, -0.15) is 4.98 Å². The highest BCUT2D eigenvalue weighted by Crippen LogP contribution is 2.43. The molecule has 0 radical (unpaired) electrons. The Balaban J connectivity index is 1.93. The first kappa shape index (κ1) is 18.2. The number of anilines is 1. The van der Waals surface area contributed by atoms with Gasteiger partial charge in [-0.05, 0) is 36.6 Å². The number of amides is 1. The second kappa shape index (κ2) is 7.47. The average Bonchev–Trinajstić information content (AvgIpc) is 2.87. The van der Waals surface area contributed by atoms with E-state index < -0.39 is 6.23 Å². The molecule has 1 aliphatic rings. The van der Waals surface area contributed by atoms with Crippen molar-refractivity contribution in [3.05, 3.63) is 54.1 Å². The zero-order valence-corrected chi connectivity index (χ0v) is 16.4. The predicted octanol–water partition coefficient (Wildman–Crippen LogP) is 3.71. The molecule has 2 aromatic carbocycles. The van der Waals surface area contributed by atoms with Crippen molar-refractivity contribution in [2.24, 2.45) is 0 Å². The molecule has 8 heteroatoms. The summed E-state index contributed by atoms with van der Waals surface area (Å²) in [6, 6.07) is 14.9. The molecular formula is C20H18N4O3S. The standard InChI is InChI=1S/C20H18N4O3S/c1-12(25)24-16-7-5-4-6-15(16)17-18(21-20(28-3)23-22-17)27-19(24)13-8-10-14(26-2)11-9-13/h4-11,19H,1-3H3/t19-/m1/s1. The lowest BCUT2D eigenvalue weighted by Gasteiger charge is -2.29. The molecule has 3 aromatic rings. The van der Waals surface area contributed by atoms with E-state index in [1.807, 2.05) is 54.8 Å². The van der Waals surface area contributed by atoms with Crippen molar-refractivity contribution in [3.63, 3.8) is 0 Å². The van der Waals surface area contributed by atoms with Crippen LogP contribution in [-0.2, 0) is 4.79 Å². The summed E-state index contributed by atoms with van der Waals surface area (Å²) < 4.78 is 11.5. The van der Waals surface area contributed by atoms with Crippen LogP contribution in [0.1, 0.15) is 18.7 Å². The summed E-state index contributed by atoms with van der Waals surface area (Å²) in [6.07, 6.45) is 1.17. The van der Waals surface area contributed by atoms with E-state index >= 15 is 0 Å². The normalized spacial score (nSPS) is 15.1. The highest BCUT2D eigenvalue weighted by Gasteiger charge is 2.34. The van der Waals surface area contributed by atoms with Gasteiger partial charge in [-0.1, -0.05) is 30.0 Å². The van der Waals surface area contributed by atoms with Gasteiger partial charge in [0.2, 0.25) is 23.2 Å². The Morgan fingerprint density at radius 1 is 1.14 bits per heavy atom. The lowest BCUT2D eigenvalue weighted by Crippen LogP contribution is -2.36. The number of hydrogen-bond donors (Lipinski definition) is 0. The minimum Gasteiger partial charge on any atom is -0.497 e. The average molecular weight is 394 g/mol. The second-order valence-electron chi connectivity index (χ2n) is 6.10. The number of aromatic nitrogens is 3. The number of carbonyl (C=O) groups excluding carboxylic acids is 1. The first-order chi connectivity index (χ1) is 13.6. The maximum absolute atomic E-state index is 12.7.